The van der Waals surface area contributed by atoms with Gasteiger partial charge in [0.1, 0.15) is 6.33 Å². The van der Waals surface area contributed by atoms with Crippen molar-refractivity contribution >= 4 is 16.3 Å². The molecule has 2 N–H and O–H groups in total. The van der Waals surface area contributed by atoms with E-state index in [1.165, 1.54) is 27.7 Å². The molecule has 0 saturated carbocycles. The van der Waals surface area contributed by atoms with Gasteiger partial charge in [0.05, 0.1) is 17.5 Å². The third kappa shape index (κ3) is 3.21. The molecule has 8 heteroatoms. The van der Waals surface area contributed by atoms with Gasteiger partial charge in [0.25, 0.3) is 0 Å². The molecule has 0 bridgehead atoms. The number of aliphatic hydroxyl groups is 1. The quantitative estimate of drug-likeness (QED) is 0.706. The first-order chi connectivity index (χ1) is 12.7. The molecule has 1 saturated heterocycles. The Balaban J connectivity index is 1.69. The Morgan fingerprint density at radius 3 is 2.54 bits per heavy atom. The van der Waals surface area contributed by atoms with Gasteiger partial charge in [0.15, 0.2) is 0 Å². The molecule has 1 aliphatic rings. The number of β-amino-alcohol motifs (C(OH)–C–C–N with tert-alkyl or cyclic N) is 1. The lowest BCUT2D eigenvalue weighted by atomic mass is 10.0. The highest BCUT2D eigenvalue weighted by Gasteiger charge is 2.31. The van der Waals surface area contributed by atoms with Crippen LogP contribution < -0.4 is 0 Å². The van der Waals surface area contributed by atoms with Crippen molar-refractivity contribution in [3.8, 4) is 5.88 Å². The maximum atomic E-state index is 10.7. The lowest BCUT2D eigenvalue weighted by Crippen LogP contribution is -2.48. The Morgan fingerprint density at radius 2 is 1.88 bits per heavy atom. The van der Waals surface area contributed by atoms with Crippen LogP contribution in [0.2, 0.25) is 0 Å². The van der Waals surface area contributed by atoms with E-state index in [0.717, 1.165) is 36.6 Å². The molecule has 7 nitrogen and oxygen atoms in total. The van der Waals surface area contributed by atoms with Gasteiger partial charge in [-0.2, -0.15) is 9.61 Å². The predicted molar refractivity (Wildman–Crippen MR) is 101 cm³/mol. The maximum absolute atomic E-state index is 10.7. The van der Waals surface area contributed by atoms with Crippen LogP contribution in [-0.4, -0.2) is 73.9 Å². The molecule has 0 amide bonds. The van der Waals surface area contributed by atoms with Crippen molar-refractivity contribution < 1.29 is 10.2 Å². The van der Waals surface area contributed by atoms with Crippen molar-refractivity contribution in [3.05, 3.63) is 46.6 Å². The Morgan fingerprint density at radius 1 is 1.15 bits per heavy atom. The van der Waals surface area contributed by atoms with Crippen molar-refractivity contribution in [2.45, 2.75) is 13.0 Å². The Kier molecular flexibility index (Phi) is 4.90. The van der Waals surface area contributed by atoms with Crippen LogP contribution in [0.25, 0.3) is 4.96 Å². The number of aryl methyl sites for hydroxylation is 1. The second kappa shape index (κ2) is 7.32. The van der Waals surface area contributed by atoms with E-state index in [9.17, 15) is 5.11 Å². The normalized spacial score (nSPS) is 17.8. The molecule has 3 heterocycles. The fourth-order valence-corrected chi connectivity index (χ4v) is 4.63. The van der Waals surface area contributed by atoms with Crippen molar-refractivity contribution in [2.75, 3.05) is 39.3 Å². The molecular weight excluding hydrogens is 350 g/mol. The Bertz CT molecular complexity index is 867. The number of aromatic nitrogens is 3. The summed E-state index contributed by atoms with van der Waals surface area (Å²) in [5.74, 6) is 0.172. The smallest absolute Gasteiger partial charge is 0.230 e. The lowest BCUT2D eigenvalue weighted by molar-refractivity contribution is 0.0945. The van der Waals surface area contributed by atoms with Gasteiger partial charge < -0.3 is 10.2 Å². The largest absolute Gasteiger partial charge is 0.492 e. The minimum Gasteiger partial charge on any atom is -0.492 e. The minimum atomic E-state index is -0.0274. The van der Waals surface area contributed by atoms with Gasteiger partial charge in [-0.15, -0.1) is 0 Å². The van der Waals surface area contributed by atoms with Crippen molar-refractivity contribution in [3.63, 3.8) is 0 Å². The third-order valence-electron chi connectivity index (χ3n) is 4.97. The van der Waals surface area contributed by atoms with Crippen molar-refractivity contribution in [2.24, 2.45) is 0 Å². The van der Waals surface area contributed by atoms with Gasteiger partial charge >= 0.3 is 0 Å². The molecule has 0 aliphatic carbocycles. The molecular formula is C18H23N5O2S. The summed E-state index contributed by atoms with van der Waals surface area (Å²) >= 11 is 1.49. The van der Waals surface area contributed by atoms with E-state index >= 15 is 0 Å². The number of hydrogen-bond acceptors (Lipinski definition) is 7. The molecule has 1 atom stereocenters. The second-order valence-corrected chi connectivity index (χ2v) is 7.67. The third-order valence-corrected chi connectivity index (χ3v) is 6.06. The summed E-state index contributed by atoms with van der Waals surface area (Å²) in [4.78, 5) is 10.5. The van der Waals surface area contributed by atoms with Gasteiger partial charge in [-0.1, -0.05) is 41.2 Å². The summed E-state index contributed by atoms with van der Waals surface area (Å²) < 4.78 is 1.50. The van der Waals surface area contributed by atoms with E-state index in [1.807, 2.05) is 0 Å². The van der Waals surface area contributed by atoms with Gasteiger partial charge in [-0.05, 0) is 12.5 Å². The molecule has 1 fully saturated rings. The molecule has 0 unspecified atom stereocenters. The summed E-state index contributed by atoms with van der Waals surface area (Å²) in [6.07, 6.45) is 1.46. The molecule has 1 aromatic carbocycles. The number of piperazine rings is 1. The maximum Gasteiger partial charge on any atom is 0.230 e. The molecule has 26 heavy (non-hydrogen) atoms. The van der Waals surface area contributed by atoms with Crippen LogP contribution in [-0.2, 0) is 0 Å². The number of hydrogen-bond donors (Lipinski definition) is 2. The molecule has 1 aliphatic heterocycles. The molecule has 3 aromatic rings. The Hall–Kier alpha value is -2.00. The summed E-state index contributed by atoms with van der Waals surface area (Å²) in [6.45, 7) is 6.56. The summed E-state index contributed by atoms with van der Waals surface area (Å²) in [5.41, 5.74) is 2.37. The van der Waals surface area contributed by atoms with E-state index in [4.69, 9.17) is 5.11 Å². The first kappa shape index (κ1) is 17.4. The zero-order valence-corrected chi connectivity index (χ0v) is 15.6. The molecule has 4 rings (SSSR count). The number of aliphatic hydroxyl groups excluding tert-OH is 1. The van der Waals surface area contributed by atoms with Crippen molar-refractivity contribution in [1.82, 2.24) is 24.4 Å². The Labute approximate surface area is 156 Å². The predicted octanol–water partition coefficient (Wildman–Crippen LogP) is 1.50. The van der Waals surface area contributed by atoms with Gasteiger partial charge in [-0.25, -0.2) is 4.98 Å². The molecule has 138 valence electrons. The highest BCUT2D eigenvalue weighted by Crippen LogP contribution is 2.39. The fourth-order valence-electron chi connectivity index (χ4n) is 3.54. The average molecular weight is 373 g/mol. The van der Waals surface area contributed by atoms with Crippen LogP contribution in [0, 0.1) is 6.92 Å². The van der Waals surface area contributed by atoms with Crippen LogP contribution in [0.4, 0.5) is 0 Å². The first-order valence-electron chi connectivity index (χ1n) is 8.82. The van der Waals surface area contributed by atoms with Crippen molar-refractivity contribution in [1.29, 1.82) is 0 Å². The monoisotopic (exact) mass is 373 g/mol. The SMILES string of the molecule is Cc1ccc([C@H](c2sc3ncnn3c2O)N2CCN(CCO)CC2)cc1. The average Bonchev–Trinajstić information content (AvgIpc) is 3.22. The van der Waals surface area contributed by atoms with Gasteiger partial charge in [0, 0.05) is 32.7 Å². The number of thiazole rings is 1. The summed E-state index contributed by atoms with van der Waals surface area (Å²) in [6, 6.07) is 8.46. The van der Waals surface area contributed by atoms with Crippen LogP contribution in [0.3, 0.4) is 0 Å². The van der Waals surface area contributed by atoms with Crippen LogP contribution in [0.1, 0.15) is 22.0 Å². The number of benzene rings is 1. The second-order valence-electron chi connectivity index (χ2n) is 6.66. The van der Waals surface area contributed by atoms with E-state index in [0.29, 0.717) is 11.5 Å². The van der Waals surface area contributed by atoms with E-state index in [1.54, 1.807) is 0 Å². The van der Waals surface area contributed by atoms with Crippen LogP contribution in [0.15, 0.2) is 30.6 Å². The van der Waals surface area contributed by atoms with Gasteiger partial charge in [-0.3, -0.25) is 9.80 Å². The van der Waals surface area contributed by atoms with E-state index in [-0.39, 0.29) is 18.5 Å². The van der Waals surface area contributed by atoms with Crippen LogP contribution in [0.5, 0.6) is 5.88 Å². The number of fused-ring (bicyclic) bond motifs is 1. The number of nitrogens with zero attached hydrogens (tertiary/aromatic N) is 5. The zero-order chi connectivity index (χ0) is 18.1. The molecule has 0 spiro atoms. The highest BCUT2D eigenvalue weighted by atomic mass is 32.1. The molecule has 2 aromatic heterocycles. The topological polar surface area (TPSA) is 77.1 Å². The molecule has 0 radical (unpaired) electrons. The fraction of sp³-hybridized carbons (Fsp3) is 0.444. The lowest BCUT2D eigenvalue weighted by Gasteiger charge is -2.39. The minimum absolute atomic E-state index is 0.0274. The van der Waals surface area contributed by atoms with E-state index < -0.39 is 0 Å². The summed E-state index contributed by atoms with van der Waals surface area (Å²) in [5, 5.41) is 24.0. The summed E-state index contributed by atoms with van der Waals surface area (Å²) in [7, 11) is 0. The zero-order valence-electron chi connectivity index (χ0n) is 14.7. The van der Waals surface area contributed by atoms with E-state index in [2.05, 4.69) is 51.1 Å². The number of rotatable bonds is 5. The highest BCUT2D eigenvalue weighted by molar-refractivity contribution is 7.17. The van der Waals surface area contributed by atoms with Gasteiger partial charge in [0.2, 0.25) is 10.8 Å². The number of aromatic hydroxyl groups is 1. The first-order valence-corrected chi connectivity index (χ1v) is 9.64. The van der Waals surface area contributed by atoms with Crippen LogP contribution >= 0.6 is 11.3 Å². The standard InChI is InChI=1S/C18H23N5O2S/c1-13-2-4-14(5-3-13)15(22-8-6-21(7-9-22)10-11-24)16-17(25)23-18(26-16)19-12-20-23/h2-5,12,15,24-25H,6-11H2,1H3/t15-/m1/s1.